The molecule has 2 saturated carbocycles. The zero-order chi connectivity index (χ0) is 23.7. The number of hydrogen-bond donors (Lipinski definition) is 1. The molecule has 0 spiro atoms. The molecule has 2 aliphatic carbocycles. The number of ether oxygens (including phenoxy) is 4. The molecule has 1 amide bonds. The van der Waals surface area contributed by atoms with E-state index in [2.05, 4.69) is 5.32 Å². The van der Waals surface area contributed by atoms with Gasteiger partial charge in [-0.1, -0.05) is 12.5 Å². The number of fused-ring (bicyclic) bond motifs is 1. The molecule has 180 valence electrons. The molecule has 0 saturated heterocycles. The molecule has 1 aliphatic heterocycles. The summed E-state index contributed by atoms with van der Waals surface area (Å²) in [5.41, 5.74) is 2.73. The van der Waals surface area contributed by atoms with Crippen molar-refractivity contribution in [2.75, 3.05) is 20.8 Å². The molecule has 2 aromatic carbocycles. The standard InChI is InChI=1S/C27H31NO6/c1-31-22-11-10-20(17-8-9-21-18(14-17)15-28-25(21)29)23(24(22)32-2)33-16-27(12-5-13-27)26(30)34-19-6-3-4-7-19/h8-11,14,19H,3-7,12-13,15-16H2,1-2H3,(H,28,29). The highest BCUT2D eigenvalue weighted by molar-refractivity contribution is 5.99. The van der Waals surface area contributed by atoms with E-state index in [1.54, 1.807) is 14.2 Å². The molecular weight excluding hydrogens is 434 g/mol. The van der Waals surface area contributed by atoms with Crippen LogP contribution in [0.1, 0.15) is 60.9 Å². The van der Waals surface area contributed by atoms with Gasteiger partial charge in [0.2, 0.25) is 5.75 Å². The van der Waals surface area contributed by atoms with Gasteiger partial charge >= 0.3 is 5.97 Å². The third kappa shape index (κ3) is 3.97. The van der Waals surface area contributed by atoms with Crippen LogP contribution in [0.3, 0.4) is 0 Å². The fourth-order valence-electron chi connectivity index (χ4n) is 5.17. The van der Waals surface area contributed by atoms with E-state index in [9.17, 15) is 9.59 Å². The first-order valence-electron chi connectivity index (χ1n) is 12.0. The Morgan fingerprint density at radius 2 is 1.76 bits per heavy atom. The highest BCUT2D eigenvalue weighted by Crippen LogP contribution is 2.48. The molecule has 7 heteroatoms. The smallest absolute Gasteiger partial charge is 0.315 e. The van der Waals surface area contributed by atoms with Crippen LogP contribution < -0.4 is 19.5 Å². The normalized spacial score (nSPS) is 18.6. The number of methoxy groups -OCH3 is 2. The van der Waals surface area contributed by atoms with Gasteiger partial charge in [-0.3, -0.25) is 9.59 Å². The van der Waals surface area contributed by atoms with E-state index in [0.717, 1.165) is 61.6 Å². The predicted molar refractivity (Wildman–Crippen MR) is 126 cm³/mol. The van der Waals surface area contributed by atoms with Gasteiger partial charge < -0.3 is 24.3 Å². The van der Waals surface area contributed by atoms with Gasteiger partial charge in [0.1, 0.15) is 18.1 Å². The molecule has 2 fully saturated rings. The Morgan fingerprint density at radius 3 is 2.44 bits per heavy atom. The number of nitrogens with one attached hydrogen (secondary N) is 1. The molecule has 0 aromatic heterocycles. The van der Waals surface area contributed by atoms with Crippen LogP contribution in [0, 0.1) is 5.41 Å². The SMILES string of the molecule is COc1ccc(-c2ccc3c(c2)CNC3=O)c(OCC2(C(=O)OC3CCCC3)CCC2)c1OC. The van der Waals surface area contributed by atoms with Crippen molar-refractivity contribution in [2.24, 2.45) is 5.41 Å². The van der Waals surface area contributed by atoms with Gasteiger partial charge in [-0.05, 0) is 73.9 Å². The minimum atomic E-state index is -0.623. The van der Waals surface area contributed by atoms with E-state index in [-0.39, 0.29) is 24.6 Å². The zero-order valence-corrected chi connectivity index (χ0v) is 19.8. The maximum absolute atomic E-state index is 13.1. The first kappa shape index (κ1) is 22.6. The van der Waals surface area contributed by atoms with Gasteiger partial charge in [-0.15, -0.1) is 0 Å². The first-order chi connectivity index (χ1) is 16.5. The number of carbonyl (C=O) groups is 2. The molecule has 2 aromatic rings. The molecule has 7 nitrogen and oxygen atoms in total. The van der Waals surface area contributed by atoms with Crippen LogP contribution in [0.25, 0.3) is 11.1 Å². The van der Waals surface area contributed by atoms with Crippen molar-refractivity contribution in [3.8, 4) is 28.4 Å². The fraction of sp³-hybridized carbons (Fsp3) is 0.481. The lowest BCUT2D eigenvalue weighted by molar-refractivity contribution is -0.169. The average Bonchev–Trinajstić information content (AvgIpc) is 3.47. The highest BCUT2D eigenvalue weighted by Gasteiger charge is 2.47. The number of rotatable bonds is 8. The van der Waals surface area contributed by atoms with Crippen LogP contribution in [-0.4, -0.2) is 38.8 Å². The lowest BCUT2D eigenvalue weighted by atomic mass is 9.69. The van der Waals surface area contributed by atoms with Crippen molar-refractivity contribution in [3.05, 3.63) is 41.5 Å². The largest absolute Gasteiger partial charge is 0.493 e. The number of amides is 1. The summed E-state index contributed by atoms with van der Waals surface area (Å²) in [6.07, 6.45) is 6.67. The molecule has 5 rings (SSSR count). The number of benzene rings is 2. The predicted octanol–water partition coefficient (Wildman–Crippen LogP) is 4.65. The summed E-state index contributed by atoms with van der Waals surface area (Å²) in [6.45, 7) is 0.724. The Morgan fingerprint density at radius 1 is 1.00 bits per heavy atom. The van der Waals surface area contributed by atoms with E-state index in [1.165, 1.54) is 0 Å². The van der Waals surface area contributed by atoms with Gasteiger partial charge in [0.25, 0.3) is 5.91 Å². The summed E-state index contributed by atoms with van der Waals surface area (Å²) in [7, 11) is 3.16. The van der Waals surface area contributed by atoms with Gasteiger partial charge in [-0.25, -0.2) is 0 Å². The number of carbonyl (C=O) groups excluding carboxylic acids is 2. The van der Waals surface area contributed by atoms with E-state index >= 15 is 0 Å². The molecular formula is C27H31NO6. The van der Waals surface area contributed by atoms with E-state index in [1.807, 2.05) is 30.3 Å². The van der Waals surface area contributed by atoms with Gasteiger partial charge in [0, 0.05) is 17.7 Å². The topological polar surface area (TPSA) is 83.1 Å². The van der Waals surface area contributed by atoms with E-state index in [4.69, 9.17) is 18.9 Å². The minimum Gasteiger partial charge on any atom is -0.493 e. The lowest BCUT2D eigenvalue weighted by Crippen LogP contribution is -2.45. The second-order valence-electron chi connectivity index (χ2n) is 9.47. The summed E-state index contributed by atoms with van der Waals surface area (Å²) in [5, 5.41) is 2.86. The minimum absolute atomic E-state index is 0.0367. The summed E-state index contributed by atoms with van der Waals surface area (Å²) in [5.74, 6) is 1.36. The van der Waals surface area contributed by atoms with E-state index < -0.39 is 5.41 Å². The Hall–Kier alpha value is -3.22. The summed E-state index contributed by atoms with van der Waals surface area (Å²) in [4.78, 5) is 25.1. The summed E-state index contributed by atoms with van der Waals surface area (Å²) in [6, 6.07) is 9.50. The Balaban J connectivity index is 1.45. The van der Waals surface area contributed by atoms with Gasteiger partial charge in [0.05, 0.1) is 14.2 Å². The van der Waals surface area contributed by atoms with Crippen LogP contribution >= 0.6 is 0 Å². The lowest BCUT2D eigenvalue weighted by Gasteiger charge is -2.39. The Kier molecular flexibility index (Phi) is 6.11. The van der Waals surface area contributed by atoms with Crippen LogP contribution in [-0.2, 0) is 16.1 Å². The quantitative estimate of drug-likeness (QED) is 0.572. The zero-order valence-electron chi connectivity index (χ0n) is 19.8. The number of hydrogen-bond acceptors (Lipinski definition) is 6. The fourth-order valence-corrected chi connectivity index (χ4v) is 5.17. The van der Waals surface area contributed by atoms with Gasteiger partial charge in [-0.2, -0.15) is 0 Å². The van der Waals surface area contributed by atoms with Gasteiger partial charge in [0.15, 0.2) is 11.5 Å². The van der Waals surface area contributed by atoms with Crippen molar-refractivity contribution in [3.63, 3.8) is 0 Å². The maximum atomic E-state index is 13.1. The summed E-state index contributed by atoms with van der Waals surface area (Å²) < 4.78 is 23.5. The molecule has 0 radical (unpaired) electrons. The molecule has 0 atom stereocenters. The second-order valence-corrected chi connectivity index (χ2v) is 9.47. The van der Waals surface area contributed by atoms with Crippen LogP contribution in [0.2, 0.25) is 0 Å². The average molecular weight is 466 g/mol. The maximum Gasteiger partial charge on any atom is 0.315 e. The molecule has 1 N–H and O–H groups in total. The van der Waals surface area contributed by atoms with Crippen molar-refractivity contribution in [1.82, 2.24) is 5.32 Å². The first-order valence-corrected chi connectivity index (χ1v) is 12.0. The van der Waals surface area contributed by atoms with Crippen molar-refractivity contribution < 1.29 is 28.5 Å². The molecule has 34 heavy (non-hydrogen) atoms. The Bertz CT molecular complexity index is 1100. The second kappa shape index (κ2) is 9.20. The van der Waals surface area contributed by atoms with Crippen LogP contribution in [0.15, 0.2) is 30.3 Å². The highest BCUT2D eigenvalue weighted by atomic mass is 16.6. The van der Waals surface area contributed by atoms with Crippen molar-refractivity contribution in [1.29, 1.82) is 0 Å². The summed E-state index contributed by atoms with van der Waals surface area (Å²) >= 11 is 0. The van der Waals surface area contributed by atoms with Crippen LogP contribution in [0.4, 0.5) is 0 Å². The van der Waals surface area contributed by atoms with Crippen LogP contribution in [0.5, 0.6) is 17.2 Å². The van der Waals surface area contributed by atoms with Crippen molar-refractivity contribution in [2.45, 2.75) is 57.6 Å². The van der Waals surface area contributed by atoms with Crippen molar-refractivity contribution >= 4 is 11.9 Å². The molecule has 1 heterocycles. The molecule has 3 aliphatic rings. The molecule has 0 bridgehead atoms. The molecule has 0 unspecified atom stereocenters. The third-order valence-electron chi connectivity index (χ3n) is 7.41. The Labute approximate surface area is 199 Å². The third-order valence-corrected chi connectivity index (χ3v) is 7.41. The number of esters is 1. The monoisotopic (exact) mass is 465 g/mol. The van der Waals surface area contributed by atoms with E-state index in [0.29, 0.717) is 29.4 Å².